The van der Waals surface area contributed by atoms with Crippen LogP contribution in [0, 0.1) is 5.92 Å². The summed E-state index contributed by atoms with van der Waals surface area (Å²) >= 11 is 6.60. The van der Waals surface area contributed by atoms with E-state index in [2.05, 4.69) is 61.8 Å². The van der Waals surface area contributed by atoms with Gasteiger partial charge in [-0.15, -0.1) is 0 Å². The first-order valence-electron chi connectivity index (χ1n) is 21.7. The second-order valence-corrected chi connectivity index (χ2v) is 17.7. The minimum absolute atomic E-state index is 0.118. The number of carbonyl (C=O) groups is 4. The molecule has 4 saturated heterocycles. The van der Waals surface area contributed by atoms with Gasteiger partial charge in [-0.05, 0) is 117 Å². The first-order chi connectivity index (χ1) is 29.2. The van der Waals surface area contributed by atoms with E-state index in [9.17, 15) is 19.2 Å². The number of fused-ring (bicyclic) bond motifs is 1. The minimum atomic E-state index is -0.586. The number of hydrogen-bond donors (Lipinski definition) is 2. The van der Waals surface area contributed by atoms with Crippen molar-refractivity contribution in [2.45, 2.75) is 75.9 Å². The van der Waals surface area contributed by atoms with Crippen LogP contribution in [-0.4, -0.2) is 118 Å². The summed E-state index contributed by atoms with van der Waals surface area (Å²) in [7, 11) is 0. The van der Waals surface area contributed by atoms with E-state index in [1.165, 1.54) is 5.56 Å². The van der Waals surface area contributed by atoms with Crippen molar-refractivity contribution < 1.29 is 19.2 Å². The van der Waals surface area contributed by atoms with Crippen LogP contribution >= 0.6 is 11.6 Å². The number of nitrogens with one attached hydrogen (secondary N) is 2. The van der Waals surface area contributed by atoms with Gasteiger partial charge in [0.2, 0.25) is 23.7 Å². The van der Waals surface area contributed by atoms with Gasteiger partial charge in [-0.3, -0.25) is 29.4 Å². The third kappa shape index (κ3) is 8.96. The molecule has 4 amide bonds. The Kier molecular flexibility index (Phi) is 12.0. The van der Waals surface area contributed by atoms with Gasteiger partial charge in [-0.1, -0.05) is 72.3 Å². The van der Waals surface area contributed by atoms with Crippen molar-refractivity contribution in [2.75, 3.05) is 57.7 Å². The number of halogens is 1. The molecule has 6 heterocycles. The van der Waals surface area contributed by atoms with Gasteiger partial charge in [0.1, 0.15) is 6.04 Å². The highest BCUT2D eigenvalue weighted by Crippen LogP contribution is 2.35. The number of nitrogens with zero attached hydrogens (tertiary/aromatic N) is 6. The van der Waals surface area contributed by atoms with Crippen molar-refractivity contribution in [3.05, 3.63) is 101 Å². The summed E-state index contributed by atoms with van der Waals surface area (Å²) in [4.78, 5) is 68.6. The van der Waals surface area contributed by atoms with Gasteiger partial charge in [0.25, 0.3) is 5.91 Å². The highest BCUT2D eigenvalue weighted by atomic mass is 35.5. The maximum Gasteiger partial charge on any atom is 0.255 e. The summed E-state index contributed by atoms with van der Waals surface area (Å²) in [6.07, 6.45) is 8.37. The number of anilines is 1. The summed E-state index contributed by atoms with van der Waals surface area (Å²) in [6.45, 7) is 7.47. The number of benzene rings is 3. The maximum atomic E-state index is 13.4. The van der Waals surface area contributed by atoms with Crippen molar-refractivity contribution in [1.29, 1.82) is 0 Å². The van der Waals surface area contributed by atoms with Crippen molar-refractivity contribution in [3.8, 4) is 22.4 Å². The summed E-state index contributed by atoms with van der Waals surface area (Å²) in [5, 5.41) is 6.41. The molecule has 0 bridgehead atoms. The molecular formula is C47H53ClN8O4. The smallest absolute Gasteiger partial charge is 0.255 e. The number of piperidine rings is 4. The Morgan fingerprint density at radius 1 is 0.783 bits per heavy atom. The van der Waals surface area contributed by atoms with E-state index in [-0.39, 0.29) is 36.1 Å². The summed E-state index contributed by atoms with van der Waals surface area (Å²) in [5.74, 6) is 1.10. The maximum absolute atomic E-state index is 13.4. The molecule has 0 saturated carbocycles. The van der Waals surface area contributed by atoms with Crippen LogP contribution in [0.5, 0.6) is 0 Å². The molecule has 0 radical (unpaired) electrons. The minimum Gasteiger partial charge on any atom is -0.351 e. The molecule has 13 heteroatoms. The highest BCUT2D eigenvalue weighted by molar-refractivity contribution is 6.33. The highest BCUT2D eigenvalue weighted by Gasteiger charge is 2.39. The molecule has 4 fully saturated rings. The van der Waals surface area contributed by atoms with Crippen LogP contribution in [0.4, 0.5) is 5.95 Å². The predicted octanol–water partition coefficient (Wildman–Crippen LogP) is 6.22. The van der Waals surface area contributed by atoms with E-state index in [0.717, 1.165) is 93.5 Å². The van der Waals surface area contributed by atoms with E-state index < -0.39 is 6.04 Å². The third-order valence-electron chi connectivity index (χ3n) is 13.4. The number of aromatic nitrogens is 2. The largest absolute Gasteiger partial charge is 0.351 e. The number of hydrogen-bond acceptors (Lipinski definition) is 9. The Hall–Kier alpha value is -5.17. The molecule has 5 aliphatic heterocycles. The lowest BCUT2D eigenvalue weighted by Crippen LogP contribution is -2.52. The van der Waals surface area contributed by atoms with Crippen LogP contribution in [0.3, 0.4) is 0 Å². The topological polar surface area (TPSA) is 131 Å². The van der Waals surface area contributed by atoms with Crippen LogP contribution in [0.25, 0.3) is 22.4 Å². The molecule has 0 aliphatic carbocycles. The van der Waals surface area contributed by atoms with Gasteiger partial charge in [0, 0.05) is 49.8 Å². The Morgan fingerprint density at radius 3 is 2.28 bits per heavy atom. The monoisotopic (exact) mass is 828 g/mol. The van der Waals surface area contributed by atoms with Crippen LogP contribution in [0.2, 0.25) is 5.02 Å². The molecule has 0 spiro atoms. The van der Waals surface area contributed by atoms with Gasteiger partial charge in [-0.2, -0.15) is 0 Å². The second-order valence-electron chi connectivity index (χ2n) is 17.2. The summed E-state index contributed by atoms with van der Waals surface area (Å²) in [6, 6.07) is 24.3. The lowest BCUT2D eigenvalue weighted by molar-refractivity contribution is -0.137. The fourth-order valence-corrected chi connectivity index (χ4v) is 10.1. The van der Waals surface area contributed by atoms with Crippen molar-refractivity contribution in [2.24, 2.45) is 5.92 Å². The number of amides is 4. The summed E-state index contributed by atoms with van der Waals surface area (Å²) in [5.41, 5.74) is 6.80. The zero-order valence-corrected chi connectivity index (χ0v) is 34.8. The molecule has 1 unspecified atom stereocenters. The van der Waals surface area contributed by atoms with Crippen molar-refractivity contribution in [3.63, 3.8) is 0 Å². The molecule has 312 valence electrons. The normalized spacial score (nSPS) is 21.3. The fourth-order valence-electron chi connectivity index (χ4n) is 9.85. The van der Waals surface area contributed by atoms with E-state index in [4.69, 9.17) is 16.6 Å². The first kappa shape index (κ1) is 40.2. The molecular weight excluding hydrogens is 776 g/mol. The molecule has 4 aromatic rings. The zero-order valence-electron chi connectivity index (χ0n) is 34.0. The Labute approximate surface area is 356 Å². The van der Waals surface area contributed by atoms with E-state index in [1.807, 2.05) is 41.3 Å². The van der Waals surface area contributed by atoms with Crippen LogP contribution in [0.1, 0.15) is 78.8 Å². The number of likely N-dealkylation sites (tertiary alicyclic amines) is 3. The van der Waals surface area contributed by atoms with Crippen LogP contribution in [0.15, 0.2) is 79.0 Å². The molecule has 1 atom stereocenters. The van der Waals surface area contributed by atoms with E-state index in [0.29, 0.717) is 66.7 Å². The van der Waals surface area contributed by atoms with Crippen LogP contribution < -0.4 is 10.6 Å². The average molecular weight is 829 g/mol. The van der Waals surface area contributed by atoms with Gasteiger partial charge in [0.15, 0.2) is 0 Å². The number of rotatable bonds is 10. The molecule has 60 heavy (non-hydrogen) atoms. The van der Waals surface area contributed by atoms with Crippen molar-refractivity contribution in [1.82, 2.24) is 34.9 Å². The lowest BCUT2D eigenvalue weighted by atomic mass is 9.87. The molecule has 12 nitrogen and oxygen atoms in total. The van der Waals surface area contributed by atoms with Gasteiger partial charge in [0.05, 0.1) is 23.5 Å². The third-order valence-corrected chi connectivity index (χ3v) is 13.6. The second kappa shape index (κ2) is 17.8. The standard InChI is InChI=1S/C47H53ClN8O4/c48-40-27-49-47(52-44(40)36-8-4-7-34(25-36)32-5-2-1-3-6-32)50-38-17-23-55(24-18-38)43(58)30-54-19-13-31(14-20-54)28-53-21-15-33(16-22-53)35-9-10-39-37(26-35)29-56(46(39)60)41-11-12-42(57)51-45(41)59/h1-10,25-27,31,33,38,41H,11-24,28-30H2,(H,49,50,52)(H,51,57,59). The molecule has 9 rings (SSSR count). The Balaban J connectivity index is 0.689. The lowest BCUT2D eigenvalue weighted by Gasteiger charge is -2.38. The van der Waals surface area contributed by atoms with Crippen LogP contribution in [-0.2, 0) is 20.9 Å². The zero-order chi connectivity index (χ0) is 41.2. The van der Waals surface area contributed by atoms with Gasteiger partial charge < -0.3 is 20.0 Å². The fraction of sp³-hybridized carbons (Fsp3) is 0.447. The number of carbonyl (C=O) groups excluding carboxylic acids is 4. The number of imide groups is 1. The molecule has 2 N–H and O–H groups in total. The molecule has 1 aromatic heterocycles. The van der Waals surface area contributed by atoms with E-state index >= 15 is 0 Å². The predicted molar refractivity (Wildman–Crippen MR) is 231 cm³/mol. The Bertz CT molecular complexity index is 2230. The van der Waals surface area contributed by atoms with Gasteiger partial charge >= 0.3 is 0 Å². The molecule has 3 aromatic carbocycles. The Morgan fingerprint density at radius 2 is 1.52 bits per heavy atom. The molecule has 5 aliphatic rings. The van der Waals surface area contributed by atoms with Crippen molar-refractivity contribution >= 4 is 41.2 Å². The SMILES string of the molecule is O=C1CCC(N2Cc3cc(C4CCN(CC5CCN(CC(=O)N6CCC(Nc7ncc(Cl)c(-c8cccc(-c9ccccc9)c8)n7)CC6)CC5)CC4)ccc3C2=O)C(=O)N1. The summed E-state index contributed by atoms with van der Waals surface area (Å²) < 4.78 is 0. The van der Waals surface area contributed by atoms with Gasteiger partial charge in [-0.25, -0.2) is 9.97 Å². The first-order valence-corrected chi connectivity index (χ1v) is 22.1. The average Bonchev–Trinajstić information content (AvgIpc) is 3.60. The van der Waals surface area contributed by atoms with E-state index in [1.54, 1.807) is 11.1 Å². The quantitative estimate of drug-likeness (QED) is 0.179.